The lowest BCUT2D eigenvalue weighted by molar-refractivity contribution is -0.121. The van der Waals surface area contributed by atoms with Crippen LogP contribution in [0, 0.1) is 19.8 Å². The zero-order chi connectivity index (χ0) is 15.6. The van der Waals surface area contributed by atoms with E-state index in [0.717, 1.165) is 36.5 Å². The average molecular weight is 311 g/mol. The molecular formula is C15H25N3O2S. The highest BCUT2D eigenvalue weighted by Gasteiger charge is 2.29. The van der Waals surface area contributed by atoms with E-state index in [-0.39, 0.29) is 24.0 Å². The van der Waals surface area contributed by atoms with Crippen molar-refractivity contribution in [1.82, 2.24) is 9.88 Å². The number of nitrogens with one attached hydrogen (secondary N) is 1. The monoisotopic (exact) mass is 311 g/mol. The van der Waals surface area contributed by atoms with Crippen LogP contribution in [0.25, 0.3) is 0 Å². The van der Waals surface area contributed by atoms with E-state index in [4.69, 9.17) is 0 Å². The number of amides is 1. The summed E-state index contributed by atoms with van der Waals surface area (Å²) in [5.74, 6) is 0.244. The molecule has 0 saturated carbocycles. The molecule has 1 aromatic rings. The van der Waals surface area contributed by atoms with E-state index >= 15 is 0 Å². The summed E-state index contributed by atoms with van der Waals surface area (Å²) in [7, 11) is 0. The van der Waals surface area contributed by atoms with Crippen molar-refractivity contribution >= 4 is 22.4 Å². The molecule has 3 atom stereocenters. The zero-order valence-electron chi connectivity index (χ0n) is 13.2. The van der Waals surface area contributed by atoms with Gasteiger partial charge in [-0.15, -0.1) is 11.3 Å². The summed E-state index contributed by atoms with van der Waals surface area (Å²) in [6.07, 6.45) is 1.75. The smallest absolute Gasteiger partial charge is 0.243 e. The second-order valence-electron chi connectivity index (χ2n) is 5.96. The first-order valence-electron chi connectivity index (χ1n) is 7.55. The van der Waals surface area contributed by atoms with Gasteiger partial charge < -0.3 is 10.4 Å². The van der Waals surface area contributed by atoms with Crippen molar-refractivity contribution in [3.05, 3.63) is 10.6 Å². The van der Waals surface area contributed by atoms with Crippen molar-refractivity contribution < 1.29 is 9.90 Å². The molecule has 118 valence electrons. The molecule has 1 aliphatic heterocycles. The van der Waals surface area contributed by atoms with Crippen LogP contribution < -0.4 is 5.32 Å². The second kappa shape index (κ2) is 6.85. The lowest BCUT2D eigenvalue weighted by atomic mass is 9.92. The van der Waals surface area contributed by atoms with Crippen LogP contribution in [0.4, 0.5) is 5.13 Å². The van der Waals surface area contributed by atoms with E-state index in [1.807, 2.05) is 27.7 Å². The van der Waals surface area contributed by atoms with Gasteiger partial charge in [0.2, 0.25) is 5.91 Å². The third-order valence-corrected chi connectivity index (χ3v) is 5.35. The first-order valence-corrected chi connectivity index (χ1v) is 8.37. The van der Waals surface area contributed by atoms with Crippen molar-refractivity contribution in [1.29, 1.82) is 0 Å². The molecule has 5 nitrogen and oxygen atoms in total. The molecule has 1 saturated heterocycles. The Morgan fingerprint density at radius 2 is 2.19 bits per heavy atom. The number of carbonyl (C=O) groups is 1. The summed E-state index contributed by atoms with van der Waals surface area (Å²) in [6.45, 7) is 9.40. The molecular weight excluding hydrogens is 286 g/mol. The number of aliphatic hydroxyl groups excluding tert-OH is 1. The van der Waals surface area contributed by atoms with Gasteiger partial charge in [-0.1, -0.05) is 0 Å². The van der Waals surface area contributed by atoms with Crippen LogP contribution in [0.5, 0.6) is 0 Å². The number of aromatic nitrogens is 1. The summed E-state index contributed by atoms with van der Waals surface area (Å²) >= 11 is 1.51. The molecule has 0 bridgehead atoms. The second-order valence-corrected chi connectivity index (χ2v) is 7.17. The maximum absolute atomic E-state index is 12.4. The van der Waals surface area contributed by atoms with Gasteiger partial charge in [0.05, 0.1) is 17.8 Å². The highest BCUT2D eigenvalue weighted by molar-refractivity contribution is 7.15. The molecule has 3 unspecified atom stereocenters. The number of hydrogen-bond acceptors (Lipinski definition) is 5. The maximum Gasteiger partial charge on any atom is 0.243 e. The van der Waals surface area contributed by atoms with Crippen molar-refractivity contribution in [2.45, 2.75) is 52.7 Å². The molecule has 21 heavy (non-hydrogen) atoms. The Morgan fingerprint density at radius 3 is 2.76 bits per heavy atom. The number of thiazole rings is 1. The molecule has 1 amide bonds. The molecule has 0 aromatic carbocycles. The minimum Gasteiger partial charge on any atom is -0.393 e. The van der Waals surface area contributed by atoms with Crippen molar-refractivity contribution in [3.63, 3.8) is 0 Å². The van der Waals surface area contributed by atoms with Gasteiger partial charge in [-0.25, -0.2) is 4.98 Å². The Hall–Kier alpha value is -0.980. The number of hydrogen-bond donors (Lipinski definition) is 2. The standard InChI is InChI=1S/C15H25N3O2S/c1-9-12(4)21-15(16-9)17-14(20)10(2)18-7-5-6-13(8-18)11(3)19/h10-11,13,19H,5-8H2,1-4H3,(H,16,17,20). The van der Waals surface area contributed by atoms with E-state index < -0.39 is 0 Å². The number of anilines is 1. The quantitative estimate of drug-likeness (QED) is 0.894. The van der Waals surface area contributed by atoms with Gasteiger partial charge in [0.25, 0.3) is 0 Å². The summed E-state index contributed by atoms with van der Waals surface area (Å²) in [5.41, 5.74) is 0.968. The van der Waals surface area contributed by atoms with Gasteiger partial charge >= 0.3 is 0 Å². The average Bonchev–Trinajstić information content (AvgIpc) is 2.76. The van der Waals surface area contributed by atoms with Crippen LogP contribution in [0.2, 0.25) is 0 Å². The molecule has 2 heterocycles. The summed E-state index contributed by atoms with van der Waals surface area (Å²) in [6, 6.07) is -0.198. The summed E-state index contributed by atoms with van der Waals surface area (Å²) in [4.78, 5) is 20.0. The Labute approximate surface area is 130 Å². The number of nitrogens with zero attached hydrogens (tertiary/aromatic N) is 2. The molecule has 2 rings (SSSR count). The lowest BCUT2D eigenvalue weighted by Gasteiger charge is -2.37. The minimum atomic E-state index is -0.313. The molecule has 1 aromatic heterocycles. The van der Waals surface area contributed by atoms with Gasteiger partial charge in [-0.2, -0.15) is 0 Å². The Kier molecular flexibility index (Phi) is 5.35. The van der Waals surface area contributed by atoms with Gasteiger partial charge in [-0.05, 0) is 53.0 Å². The fourth-order valence-electron chi connectivity index (χ4n) is 2.69. The van der Waals surface area contributed by atoms with Gasteiger partial charge in [0, 0.05) is 11.4 Å². The van der Waals surface area contributed by atoms with Crippen LogP contribution in [-0.2, 0) is 4.79 Å². The number of aryl methyl sites for hydroxylation is 2. The highest BCUT2D eigenvalue weighted by atomic mass is 32.1. The molecule has 1 aliphatic rings. The van der Waals surface area contributed by atoms with Crippen molar-refractivity contribution in [2.24, 2.45) is 5.92 Å². The SMILES string of the molecule is Cc1nc(NC(=O)C(C)N2CCCC(C(C)O)C2)sc1C. The lowest BCUT2D eigenvalue weighted by Crippen LogP contribution is -2.48. The number of aliphatic hydroxyl groups is 1. The van der Waals surface area contributed by atoms with Crippen LogP contribution >= 0.6 is 11.3 Å². The van der Waals surface area contributed by atoms with Gasteiger partial charge in [-0.3, -0.25) is 9.69 Å². The fourth-order valence-corrected chi connectivity index (χ4v) is 3.51. The minimum absolute atomic E-state index is 0.0185. The first-order chi connectivity index (χ1) is 9.88. The van der Waals surface area contributed by atoms with Gasteiger partial charge in [0.15, 0.2) is 5.13 Å². The van der Waals surface area contributed by atoms with Crippen LogP contribution in [0.3, 0.4) is 0 Å². The predicted molar refractivity (Wildman–Crippen MR) is 85.7 cm³/mol. The highest BCUT2D eigenvalue weighted by Crippen LogP contribution is 2.24. The van der Waals surface area contributed by atoms with Crippen LogP contribution in [0.15, 0.2) is 0 Å². The van der Waals surface area contributed by atoms with E-state index in [1.165, 1.54) is 11.3 Å². The van der Waals surface area contributed by atoms with E-state index in [9.17, 15) is 9.90 Å². The van der Waals surface area contributed by atoms with Crippen LogP contribution in [-0.4, -0.2) is 46.1 Å². The number of carbonyl (C=O) groups excluding carboxylic acids is 1. The summed E-state index contributed by atoms with van der Waals surface area (Å²) in [5, 5.41) is 13.3. The first kappa shape index (κ1) is 16.4. The zero-order valence-corrected chi connectivity index (χ0v) is 14.0. The number of rotatable bonds is 4. The summed E-state index contributed by atoms with van der Waals surface area (Å²) < 4.78 is 0. The molecule has 0 aliphatic carbocycles. The molecule has 2 N–H and O–H groups in total. The maximum atomic E-state index is 12.4. The van der Waals surface area contributed by atoms with Crippen molar-refractivity contribution in [2.75, 3.05) is 18.4 Å². The number of piperidine rings is 1. The molecule has 1 fully saturated rings. The Balaban J connectivity index is 1.95. The van der Waals surface area contributed by atoms with Crippen molar-refractivity contribution in [3.8, 4) is 0 Å². The van der Waals surface area contributed by atoms with E-state index in [2.05, 4.69) is 15.2 Å². The fraction of sp³-hybridized carbons (Fsp3) is 0.733. The predicted octanol–water partition coefficient (Wildman–Crippen LogP) is 2.18. The van der Waals surface area contributed by atoms with Crippen LogP contribution in [0.1, 0.15) is 37.3 Å². The van der Waals surface area contributed by atoms with Gasteiger partial charge in [0.1, 0.15) is 0 Å². The van der Waals surface area contributed by atoms with E-state index in [1.54, 1.807) is 0 Å². The largest absolute Gasteiger partial charge is 0.393 e. The van der Waals surface area contributed by atoms with E-state index in [0.29, 0.717) is 5.13 Å². The Bertz CT molecular complexity index is 482. The third-order valence-electron chi connectivity index (χ3n) is 4.36. The molecule has 0 radical (unpaired) electrons. The normalized spacial score (nSPS) is 22.8. The topological polar surface area (TPSA) is 65.5 Å². The molecule has 6 heteroatoms. The number of likely N-dealkylation sites (tertiary alicyclic amines) is 1. The third kappa shape index (κ3) is 4.02. The Morgan fingerprint density at radius 1 is 1.48 bits per heavy atom. The molecule has 0 spiro atoms.